The molecule has 6 aliphatic carbocycles. The van der Waals surface area contributed by atoms with Crippen LogP contribution in [0.15, 0.2) is 0 Å². The van der Waals surface area contributed by atoms with E-state index in [2.05, 4.69) is 34.6 Å². The fourth-order valence-electron chi connectivity index (χ4n) is 12.5. The minimum atomic E-state index is -0.128. The number of carbonyl (C=O) groups excluding carboxylic acids is 1. The maximum absolute atomic E-state index is 12.0. The van der Waals surface area contributed by atoms with Crippen molar-refractivity contribution in [2.24, 2.45) is 62.6 Å². The summed E-state index contributed by atoms with van der Waals surface area (Å²) in [6.45, 7) is 14.7. The predicted molar refractivity (Wildman–Crippen MR) is 138 cm³/mol. The van der Waals surface area contributed by atoms with E-state index < -0.39 is 0 Å². The fraction of sp³-hybridized carbons (Fsp3) is 0.969. The van der Waals surface area contributed by atoms with Crippen molar-refractivity contribution in [1.82, 2.24) is 0 Å². The molecule has 0 aliphatic heterocycles. The van der Waals surface area contributed by atoms with E-state index in [0.717, 1.165) is 24.2 Å². The Morgan fingerprint density at radius 2 is 1.56 bits per heavy atom. The van der Waals surface area contributed by atoms with Crippen LogP contribution in [0, 0.1) is 62.6 Å². The molecule has 6 fully saturated rings. The molecule has 11 atom stereocenters. The second-order valence-corrected chi connectivity index (χ2v) is 15.8. The number of aliphatic hydroxyl groups is 1. The first-order chi connectivity index (χ1) is 15.9. The van der Waals surface area contributed by atoms with E-state index in [4.69, 9.17) is 0 Å². The minimum absolute atomic E-state index is 0.0524. The quantitative estimate of drug-likeness (QED) is 0.458. The van der Waals surface area contributed by atoms with Gasteiger partial charge < -0.3 is 5.11 Å². The Bertz CT molecular complexity index is 861. The lowest BCUT2D eigenvalue weighted by Crippen LogP contribution is -2.66. The highest BCUT2D eigenvalue weighted by Crippen LogP contribution is 2.77. The minimum Gasteiger partial charge on any atom is -0.393 e. The van der Waals surface area contributed by atoms with Crippen molar-refractivity contribution in [2.45, 2.75) is 131 Å². The van der Waals surface area contributed by atoms with Crippen LogP contribution in [0.1, 0.15) is 125 Å². The third-order valence-electron chi connectivity index (χ3n) is 14.6. The molecule has 0 aromatic heterocycles. The number of Topliss-reactive ketones (excluding diaryl/α,β-unsaturated/α-hetero) is 1. The van der Waals surface area contributed by atoms with E-state index in [-0.39, 0.29) is 11.5 Å². The van der Waals surface area contributed by atoms with Gasteiger partial charge in [-0.05, 0) is 141 Å². The molecule has 0 radical (unpaired) electrons. The second kappa shape index (κ2) is 7.35. The van der Waals surface area contributed by atoms with Crippen molar-refractivity contribution >= 4 is 5.78 Å². The topological polar surface area (TPSA) is 37.3 Å². The smallest absolute Gasteiger partial charge is 0.133 e. The summed E-state index contributed by atoms with van der Waals surface area (Å²) in [4.78, 5) is 12.0. The Labute approximate surface area is 209 Å². The first kappa shape index (κ1) is 24.0. The number of carbonyl (C=O) groups is 1. The van der Waals surface area contributed by atoms with Gasteiger partial charge in [-0.1, -0.05) is 41.0 Å². The van der Waals surface area contributed by atoms with Crippen LogP contribution in [0.3, 0.4) is 0 Å². The second-order valence-electron chi connectivity index (χ2n) is 15.8. The average Bonchev–Trinajstić information content (AvgIpc) is 3.40. The molecule has 0 spiro atoms. The van der Waals surface area contributed by atoms with Gasteiger partial charge in [-0.15, -0.1) is 0 Å². The molecule has 34 heavy (non-hydrogen) atoms. The van der Waals surface area contributed by atoms with Crippen molar-refractivity contribution < 1.29 is 9.90 Å². The van der Waals surface area contributed by atoms with Crippen molar-refractivity contribution in [1.29, 1.82) is 0 Å². The summed E-state index contributed by atoms with van der Waals surface area (Å²) in [5, 5.41) is 10.9. The highest BCUT2D eigenvalue weighted by atomic mass is 16.3. The third-order valence-corrected chi connectivity index (χ3v) is 14.6. The molecular formula is C32H52O2. The Hall–Kier alpha value is -0.370. The van der Waals surface area contributed by atoms with Gasteiger partial charge in [0.05, 0.1) is 6.10 Å². The molecule has 6 aliphatic rings. The zero-order valence-corrected chi connectivity index (χ0v) is 23.1. The molecule has 0 amide bonds. The van der Waals surface area contributed by atoms with Crippen molar-refractivity contribution in [3.8, 4) is 0 Å². The van der Waals surface area contributed by atoms with Gasteiger partial charge in [0.1, 0.15) is 5.78 Å². The van der Waals surface area contributed by atoms with Crippen LogP contribution in [-0.2, 0) is 4.79 Å². The summed E-state index contributed by atoms with van der Waals surface area (Å²) in [6.07, 6.45) is 17.4. The first-order valence-electron chi connectivity index (χ1n) is 15.1. The van der Waals surface area contributed by atoms with Crippen LogP contribution in [0.5, 0.6) is 0 Å². The molecule has 0 aromatic rings. The van der Waals surface area contributed by atoms with E-state index in [1.807, 2.05) is 6.92 Å². The number of rotatable bonds is 3. The van der Waals surface area contributed by atoms with Gasteiger partial charge in [0, 0.05) is 5.92 Å². The van der Waals surface area contributed by atoms with Gasteiger partial charge in [-0.3, -0.25) is 4.79 Å². The van der Waals surface area contributed by atoms with Crippen molar-refractivity contribution in [3.05, 3.63) is 0 Å². The highest BCUT2D eigenvalue weighted by Gasteiger charge is 2.70. The van der Waals surface area contributed by atoms with E-state index in [1.165, 1.54) is 77.0 Å². The molecule has 2 nitrogen and oxygen atoms in total. The Morgan fingerprint density at radius 3 is 2.26 bits per heavy atom. The number of aliphatic hydroxyl groups excluding tert-OH is 1. The van der Waals surface area contributed by atoms with Crippen LogP contribution in [0.2, 0.25) is 0 Å². The Balaban J connectivity index is 1.30. The van der Waals surface area contributed by atoms with Gasteiger partial charge in [-0.25, -0.2) is 0 Å². The van der Waals surface area contributed by atoms with Crippen molar-refractivity contribution in [3.63, 3.8) is 0 Å². The summed E-state index contributed by atoms with van der Waals surface area (Å²) >= 11 is 0. The predicted octanol–water partition coefficient (Wildman–Crippen LogP) is 7.82. The summed E-state index contributed by atoms with van der Waals surface area (Å²) < 4.78 is 0. The third kappa shape index (κ3) is 2.93. The molecule has 4 unspecified atom stereocenters. The zero-order valence-electron chi connectivity index (χ0n) is 23.1. The van der Waals surface area contributed by atoms with Gasteiger partial charge in [0.2, 0.25) is 0 Å². The van der Waals surface area contributed by atoms with Crippen LogP contribution in [-0.4, -0.2) is 17.0 Å². The molecule has 0 heterocycles. The molecule has 2 heteroatoms. The van der Waals surface area contributed by atoms with E-state index >= 15 is 0 Å². The zero-order chi connectivity index (χ0) is 24.3. The average molecular weight is 469 g/mol. The fourth-order valence-corrected chi connectivity index (χ4v) is 12.5. The molecular weight excluding hydrogens is 416 g/mol. The van der Waals surface area contributed by atoms with Gasteiger partial charge in [-0.2, -0.15) is 0 Å². The van der Waals surface area contributed by atoms with Crippen molar-refractivity contribution in [2.75, 3.05) is 0 Å². The number of fused-ring (bicyclic) bond motifs is 7. The van der Waals surface area contributed by atoms with E-state index in [0.29, 0.717) is 45.2 Å². The molecule has 6 rings (SSSR count). The number of hydrogen-bond donors (Lipinski definition) is 1. The van der Waals surface area contributed by atoms with Gasteiger partial charge in [0.25, 0.3) is 0 Å². The lowest BCUT2D eigenvalue weighted by Gasteiger charge is -2.72. The first-order valence-corrected chi connectivity index (χ1v) is 15.1. The molecule has 192 valence electrons. The number of ketones is 1. The molecule has 0 bridgehead atoms. The standard InChI is InChI=1S/C32H52O2/c1-20(33)22-18-21(22)19-32-13-7-8-24(32)23-9-10-26-29(4)14-12-27(34)28(2,3)25(29)11-15-31(26,6)30(23,5)16-17-32/h21-27,34H,7-19H2,1-6H3/t21-,22+,23?,24?,25?,26?,27-,29-,30+,31+,32+/m0/s1. The lowest BCUT2D eigenvalue weighted by atomic mass is 9.32. The SMILES string of the molecule is CC(=O)[C@H]1C[C@H]1C[C@]12CCCC1C1CCC3[C@@]4(C)CC[C@H](O)C(C)(C)C4CC[C@@]3(C)[C@]1(C)CC2. The normalized spacial score (nSPS) is 57.7. The Kier molecular flexibility index (Phi) is 5.19. The summed E-state index contributed by atoms with van der Waals surface area (Å²) in [7, 11) is 0. The number of hydrogen-bond acceptors (Lipinski definition) is 2. The van der Waals surface area contributed by atoms with E-state index in [1.54, 1.807) is 0 Å². The van der Waals surface area contributed by atoms with Crippen LogP contribution < -0.4 is 0 Å². The largest absolute Gasteiger partial charge is 0.393 e. The monoisotopic (exact) mass is 468 g/mol. The Morgan fingerprint density at radius 1 is 0.794 bits per heavy atom. The maximum atomic E-state index is 12.0. The van der Waals surface area contributed by atoms with Gasteiger partial charge in [0.15, 0.2) is 0 Å². The summed E-state index contributed by atoms with van der Waals surface area (Å²) in [6, 6.07) is 0. The highest BCUT2D eigenvalue weighted by molar-refractivity contribution is 5.81. The molecule has 1 N–H and O–H groups in total. The molecule has 0 saturated heterocycles. The van der Waals surface area contributed by atoms with Crippen LogP contribution in [0.4, 0.5) is 0 Å². The van der Waals surface area contributed by atoms with Crippen LogP contribution >= 0.6 is 0 Å². The van der Waals surface area contributed by atoms with E-state index in [9.17, 15) is 9.90 Å². The van der Waals surface area contributed by atoms with Crippen LogP contribution in [0.25, 0.3) is 0 Å². The lowest BCUT2D eigenvalue weighted by molar-refractivity contribution is -0.246. The summed E-state index contributed by atoms with van der Waals surface area (Å²) in [5.74, 6) is 4.84. The molecule has 6 saturated carbocycles. The molecule has 0 aromatic carbocycles. The maximum Gasteiger partial charge on any atom is 0.133 e. The van der Waals surface area contributed by atoms with Gasteiger partial charge >= 0.3 is 0 Å². The summed E-state index contributed by atoms with van der Waals surface area (Å²) in [5.41, 5.74) is 1.90.